The monoisotopic (exact) mass is 375 g/mol. The highest BCUT2D eigenvalue weighted by Gasteiger charge is 2.11. The van der Waals surface area contributed by atoms with Gasteiger partial charge in [-0.05, 0) is 47.5 Å². The topological polar surface area (TPSA) is 65.7 Å². The van der Waals surface area contributed by atoms with Crippen LogP contribution < -0.4 is 4.74 Å². The summed E-state index contributed by atoms with van der Waals surface area (Å²) in [4.78, 5) is 4.73. The van der Waals surface area contributed by atoms with Gasteiger partial charge in [-0.2, -0.15) is 0 Å². The molecule has 2 aromatic heterocycles. The molecule has 0 aliphatic carbocycles. The van der Waals surface area contributed by atoms with E-state index in [1.165, 1.54) is 0 Å². The van der Waals surface area contributed by atoms with E-state index in [9.17, 15) is 0 Å². The van der Waals surface area contributed by atoms with Crippen LogP contribution in [0, 0.1) is 5.92 Å². The van der Waals surface area contributed by atoms with Crippen molar-refractivity contribution >= 4 is 23.1 Å². The van der Waals surface area contributed by atoms with E-state index >= 15 is 0 Å². The van der Waals surface area contributed by atoms with Gasteiger partial charge in [-0.25, -0.2) is 9.67 Å². The lowest BCUT2D eigenvalue weighted by molar-refractivity contribution is 0.340. The molecule has 132 valence electrons. The Kier molecular flexibility index (Phi) is 6.04. The van der Waals surface area contributed by atoms with Gasteiger partial charge in [0, 0.05) is 23.2 Å². The van der Waals surface area contributed by atoms with Gasteiger partial charge >= 0.3 is 0 Å². The van der Waals surface area contributed by atoms with Crippen molar-refractivity contribution in [1.29, 1.82) is 0 Å². The SMILES string of the molecule is CCOc1ccc(-c2nc(CSc3nnnn3CC(C)C)cs2)cc1. The van der Waals surface area contributed by atoms with Gasteiger partial charge in [-0.1, -0.05) is 25.6 Å². The Morgan fingerprint density at radius 1 is 1.24 bits per heavy atom. The molecule has 0 saturated heterocycles. The number of thioether (sulfide) groups is 1. The highest BCUT2D eigenvalue weighted by Crippen LogP contribution is 2.28. The van der Waals surface area contributed by atoms with Crippen LogP contribution in [-0.4, -0.2) is 31.8 Å². The third-order valence-corrected chi connectivity index (χ3v) is 5.28. The molecular formula is C17H21N5OS2. The number of rotatable bonds is 8. The summed E-state index contributed by atoms with van der Waals surface area (Å²) in [6, 6.07) is 8.05. The minimum absolute atomic E-state index is 0.508. The first-order valence-electron chi connectivity index (χ1n) is 8.22. The van der Waals surface area contributed by atoms with Crippen molar-refractivity contribution in [3.63, 3.8) is 0 Å². The molecular weight excluding hydrogens is 354 g/mol. The van der Waals surface area contributed by atoms with E-state index in [4.69, 9.17) is 9.72 Å². The number of aromatic nitrogens is 5. The molecule has 3 aromatic rings. The Morgan fingerprint density at radius 3 is 2.76 bits per heavy atom. The van der Waals surface area contributed by atoms with Crippen molar-refractivity contribution in [3.05, 3.63) is 35.3 Å². The van der Waals surface area contributed by atoms with Crippen molar-refractivity contribution in [2.45, 2.75) is 38.2 Å². The fourth-order valence-electron chi connectivity index (χ4n) is 2.27. The van der Waals surface area contributed by atoms with Crippen LogP contribution in [0.3, 0.4) is 0 Å². The Morgan fingerprint density at radius 2 is 2.04 bits per heavy atom. The molecule has 0 atom stereocenters. The fraction of sp³-hybridized carbons (Fsp3) is 0.412. The molecule has 6 nitrogen and oxygen atoms in total. The predicted molar refractivity (Wildman–Crippen MR) is 101 cm³/mol. The number of ether oxygens (including phenoxy) is 1. The van der Waals surface area contributed by atoms with Crippen LogP contribution in [-0.2, 0) is 12.3 Å². The molecule has 0 radical (unpaired) electrons. The first-order chi connectivity index (χ1) is 12.2. The van der Waals surface area contributed by atoms with Crippen molar-refractivity contribution in [3.8, 4) is 16.3 Å². The minimum atomic E-state index is 0.508. The van der Waals surface area contributed by atoms with Crippen molar-refractivity contribution in [1.82, 2.24) is 25.2 Å². The maximum Gasteiger partial charge on any atom is 0.209 e. The minimum Gasteiger partial charge on any atom is -0.494 e. The molecule has 0 aliphatic rings. The van der Waals surface area contributed by atoms with E-state index in [0.717, 1.165) is 39.5 Å². The third kappa shape index (κ3) is 4.79. The van der Waals surface area contributed by atoms with Crippen molar-refractivity contribution < 1.29 is 4.74 Å². The van der Waals surface area contributed by atoms with Crippen LogP contribution in [0.4, 0.5) is 0 Å². The Hall–Kier alpha value is -1.93. The summed E-state index contributed by atoms with van der Waals surface area (Å²) in [5, 5.41) is 15.9. The molecule has 1 aromatic carbocycles. The highest BCUT2D eigenvalue weighted by molar-refractivity contribution is 7.98. The van der Waals surface area contributed by atoms with E-state index in [2.05, 4.69) is 34.8 Å². The molecule has 8 heteroatoms. The number of benzene rings is 1. The van der Waals surface area contributed by atoms with Gasteiger partial charge < -0.3 is 4.74 Å². The summed E-state index contributed by atoms with van der Waals surface area (Å²) in [7, 11) is 0. The molecule has 25 heavy (non-hydrogen) atoms. The summed E-state index contributed by atoms with van der Waals surface area (Å²) in [5.41, 5.74) is 2.15. The van der Waals surface area contributed by atoms with Crippen LogP contribution in [0.15, 0.2) is 34.8 Å². The molecule has 0 aliphatic heterocycles. The maximum atomic E-state index is 5.48. The number of thiazole rings is 1. The van der Waals surface area contributed by atoms with Gasteiger partial charge in [0.15, 0.2) is 0 Å². The van der Waals surface area contributed by atoms with E-state index in [-0.39, 0.29) is 0 Å². The first kappa shape index (κ1) is 17.9. The molecule has 0 unspecified atom stereocenters. The largest absolute Gasteiger partial charge is 0.494 e. The zero-order valence-electron chi connectivity index (χ0n) is 14.5. The maximum absolute atomic E-state index is 5.48. The molecule has 0 bridgehead atoms. The summed E-state index contributed by atoms with van der Waals surface area (Å²) >= 11 is 3.27. The summed E-state index contributed by atoms with van der Waals surface area (Å²) in [6.07, 6.45) is 0. The lowest BCUT2D eigenvalue weighted by Gasteiger charge is -2.05. The third-order valence-electron chi connectivity index (χ3n) is 3.35. The first-order valence-corrected chi connectivity index (χ1v) is 10.1. The van der Waals surface area contributed by atoms with Gasteiger partial charge in [0.25, 0.3) is 0 Å². The number of hydrogen-bond donors (Lipinski definition) is 0. The van der Waals surface area contributed by atoms with E-state index in [1.54, 1.807) is 23.1 Å². The van der Waals surface area contributed by atoms with Gasteiger partial charge in [0.05, 0.1) is 12.3 Å². The van der Waals surface area contributed by atoms with Gasteiger partial charge in [-0.15, -0.1) is 16.4 Å². The molecule has 0 fully saturated rings. The Balaban J connectivity index is 1.63. The zero-order chi connectivity index (χ0) is 17.6. The highest BCUT2D eigenvalue weighted by atomic mass is 32.2. The second-order valence-corrected chi connectivity index (χ2v) is 7.73. The summed E-state index contributed by atoms with van der Waals surface area (Å²) in [5.74, 6) is 2.15. The quantitative estimate of drug-likeness (QED) is 0.551. The average molecular weight is 376 g/mol. The fourth-order valence-corrected chi connectivity index (χ4v) is 3.98. The van der Waals surface area contributed by atoms with Crippen LogP contribution in [0.2, 0.25) is 0 Å². The Bertz CT molecular complexity index is 797. The standard InChI is InChI=1S/C17H21N5OS2/c1-4-23-15-7-5-13(6-8-15)16-18-14(10-24-16)11-25-17-19-20-21-22(17)9-12(2)3/h5-8,10,12H,4,9,11H2,1-3H3. The second-order valence-electron chi connectivity index (χ2n) is 5.93. The van der Waals surface area contributed by atoms with Crippen LogP contribution >= 0.6 is 23.1 Å². The smallest absolute Gasteiger partial charge is 0.209 e. The Labute approximate surface area is 155 Å². The summed E-state index contributed by atoms with van der Waals surface area (Å²) in [6.45, 7) is 7.79. The van der Waals surface area contributed by atoms with Crippen molar-refractivity contribution in [2.24, 2.45) is 5.92 Å². The van der Waals surface area contributed by atoms with Gasteiger partial charge in [0.1, 0.15) is 10.8 Å². The lowest BCUT2D eigenvalue weighted by Crippen LogP contribution is -2.07. The van der Waals surface area contributed by atoms with E-state index < -0.39 is 0 Å². The van der Waals surface area contributed by atoms with Gasteiger partial charge in [0.2, 0.25) is 5.16 Å². The van der Waals surface area contributed by atoms with Crippen LogP contribution in [0.1, 0.15) is 26.5 Å². The van der Waals surface area contributed by atoms with Crippen molar-refractivity contribution in [2.75, 3.05) is 6.61 Å². The molecule has 0 saturated carbocycles. The van der Waals surface area contributed by atoms with Crippen LogP contribution in [0.5, 0.6) is 5.75 Å². The van der Waals surface area contributed by atoms with E-state index in [1.807, 2.05) is 35.9 Å². The summed E-state index contributed by atoms with van der Waals surface area (Å²) < 4.78 is 7.34. The van der Waals surface area contributed by atoms with Gasteiger partial charge in [-0.3, -0.25) is 0 Å². The lowest BCUT2D eigenvalue weighted by atomic mass is 10.2. The molecule has 2 heterocycles. The molecule has 0 spiro atoms. The normalized spacial score (nSPS) is 11.2. The molecule has 0 N–H and O–H groups in total. The second kappa shape index (κ2) is 8.44. The number of hydrogen-bond acceptors (Lipinski definition) is 7. The number of tetrazole rings is 1. The van der Waals surface area contributed by atoms with Crippen LogP contribution in [0.25, 0.3) is 10.6 Å². The predicted octanol–water partition coefficient (Wildman–Crippen LogP) is 4.14. The zero-order valence-corrected chi connectivity index (χ0v) is 16.2. The van der Waals surface area contributed by atoms with E-state index in [0.29, 0.717) is 12.5 Å². The number of nitrogens with zero attached hydrogens (tertiary/aromatic N) is 5. The molecule has 3 rings (SSSR count). The average Bonchev–Trinajstić information content (AvgIpc) is 3.23. The molecule has 0 amide bonds.